The van der Waals surface area contributed by atoms with E-state index in [1.165, 1.54) is 0 Å². The predicted octanol–water partition coefficient (Wildman–Crippen LogP) is 1.02. The average Bonchev–Trinajstić information content (AvgIpc) is 2.24. The Hall–Kier alpha value is -2.32. The van der Waals surface area contributed by atoms with Gasteiger partial charge in [-0.05, 0) is 12.1 Å². The van der Waals surface area contributed by atoms with Crippen LogP contribution in [-0.2, 0) is 11.0 Å². The molecule has 0 aliphatic heterocycles. The summed E-state index contributed by atoms with van der Waals surface area (Å²) in [7, 11) is 0. The van der Waals surface area contributed by atoms with Crippen molar-refractivity contribution in [3.63, 3.8) is 0 Å². The third-order valence-corrected chi connectivity index (χ3v) is 1.86. The summed E-state index contributed by atoms with van der Waals surface area (Å²) in [6, 6.07) is 1.53. The zero-order valence-corrected chi connectivity index (χ0v) is 9.37. The number of nitrogens with two attached hydrogens (primary N) is 2. The quantitative estimate of drug-likeness (QED) is 0.284. The number of hydrogen-bond donors (Lipinski definition) is 2. The van der Waals surface area contributed by atoms with Gasteiger partial charge in [0.15, 0.2) is 5.96 Å². The fourth-order valence-corrected chi connectivity index (χ4v) is 1.13. The highest BCUT2D eigenvalue weighted by molar-refractivity contribution is 5.81. The van der Waals surface area contributed by atoms with Gasteiger partial charge in [-0.15, -0.1) is 0 Å². The van der Waals surface area contributed by atoms with Gasteiger partial charge >= 0.3 is 12.1 Å². The van der Waals surface area contributed by atoms with Gasteiger partial charge in [0.1, 0.15) is 18.1 Å². The third kappa shape index (κ3) is 4.45. The minimum Gasteiger partial charge on any atom is -0.424 e. The molecular weight excluding hydrogens is 270 g/mol. The van der Waals surface area contributed by atoms with Crippen molar-refractivity contribution in [1.82, 2.24) is 0 Å². The van der Waals surface area contributed by atoms with Crippen LogP contribution in [0.15, 0.2) is 23.2 Å². The van der Waals surface area contributed by atoms with Crippen LogP contribution in [-0.4, -0.2) is 18.5 Å². The molecule has 1 rings (SSSR count). The van der Waals surface area contributed by atoms with Crippen molar-refractivity contribution in [1.29, 1.82) is 0 Å². The molecule has 19 heavy (non-hydrogen) atoms. The smallest absolute Gasteiger partial charge is 0.419 e. The summed E-state index contributed by atoms with van der Waals surface area (Å²) >= 11 is 0. The van der Waals surface area contributed by atoms with Crippen LogP contribution in [0.3, 0.4) is 0 Å². The number of hydrogen-bond acceptors (Lipinski definition) is 3. The molecule has 0 fully saturated rings. The number of halogens is 4. The van der Waals surface area contributed by atoms with E-state index in [9.17, 15) is 22.4 Å². The molecule has 1 aromatic carbocycles. The summed E-state index contributed by atoms with van der Waals surface area (Å²) in [4.78, 5) is 14.4. The van der Waals surface area contributed by atoms with Gasteiger partial charge in [-0.25, -0.2) is 14.2 Å². The van der Waals surface area contributed by atoms with E-state index in [0.717, 1.165) is 0 Å². The van der Waals surface area contributed by atoms with E-state index in [0.29, 0.717) is 18.2 Å². The van der Waals surface area contributed by atoms with Crippen LogP contribution >= 0.6 is 0 Å². The molecule has 4 N–H and O–H groups in total. The Balaban J connectivity index is 2.97. The van der Waals surface area contributed by atoms with Crippen molar-refractivity contribution < 1.29 is 27.1 Å². The Morgan fingerprint density at radius 2 is 1.95 bits per heavy atom. The molecule has 0 radical (unpaired) electrons. The standard InChI is InChI=1S/C10H9F4N3O2/c11-5-1-2-6(10(12,13)14)7(3-5)19-8(18)4-17-9(15)16/h1-3H,4H2,(H4,15,16,17). The van der Waals surface area contributed by atoms with Crippen molar-refractivity contribution in [2.24, 2.45) is 16.5 Å². The second-order valence-corrected chi connectivity index (χ2v) is 3.35. The first-order chi connectivity index (χ1) is 8.70. The first-order valence-electron chi connectivity index (χ1n) is 4.83. The van der Waals surface area contributed by atoms with Gasteiger partial charge in [-0.2, -0.15) is 13.2 Å². The van der Waals surface area contributed by atoms with Crippen molar-refractivity contribution in [2.45, 2.75) is 6.18 Å². The Kier molecular flexibility index (Phi) is 4.30. The zero-order valence-electron chi connectivity index (χ0n) is 9.37. The minimum absolute atomic E-state index is 0.424. The van der Waals surface area contributed by atoms with Crippen LogP contribution in [0.2, 0.25) is 0 Å². The van der Waals surface area contributed by atoms with Gasteiger partial charge < -0.3 is 16.2 Å². The van der Waals surface area contributed by atoms with Crippen molar-refractivity contribution in [2.75, 3.05) is 6.54 Å². The third-order valence-electron chi connectivity index (χ3n) is 1.86. The number of carbonyl (C=O) groups is 1. The summed E-state index contributed by atoms with van der Waals surface area (Å²) in [6.07, 6.45) is -4.78. The van der Waals surface area contributed by atoms with E-state index in [1.807, 2.05) is 0 Å². The van der Waals surface area contributed by atoms with E-state index in [2.05, 4.69) is 9.73 Å². The topological polar surface area (TPSA) is 90.7 Å². The Labute approximate surface area is 104 Å². The average molecular weight is 279 g/mol. The highest BCUT2D eigenvalue weighted by Gasteiger charge is 2.35. The molecule has 0 spiro atoms. The van der Waals surface area contributed by atoms with Crippen molar-refractivity contribution in [3.05, 3.63) is 29.6 Å². The number of nitrogens with zero attached hydrogens (tertiary/aromatic N) is 1. The number of carbonyl (C=O) groups excluding carboxylic acids is 1. The fourth-order valence-electron chi connectivity index (χ4n) is 1.13. The van der Waals surface area contributed by atoms with Crippen LogP contribution in [0.5, 0.6) is 5.75 Å². The van der Waals surface area contributed by atoms with E-state index >= 15 is 0 Å². The number of esters is 1. The summed E-state index contributed by atoms with van der Waals surface area (Å²) in [5, 5.41) is 0. The van der Waals surface area contributed by atoms with Gasteiger partial charge in [0.2, 0.25) is 0 Å². The van der Waals surface area contributed by atoms with Crippen molar-refractivity contribution >= 4 is 11.9 Å². The first-order valence-corrected chi connectivity index (χ1v) is 4.83. The SMILES string of the molecule is NC(N)=NCC(=O)Oc1cc(F)ccc1C(F)(F)F. The van der Waals surface area contributed by atoms with Crippen LogP contribution in [0.4, 0.5) is 17.6 Å². The molecule has 0 bridgehead atoms. The predicted molar refractivity (Wildman–Crippen MR) is 57.7 cm³/mol. The Morgan fingerprint density at radius 1 is 1.32 bits per heavy atom. The molecule has 0 saturated heterocycles. The summed E-state index contributed by atoms with van der Waals surface area (Å²) < 4.78 is 54.9. The number of guanidine groups is 1. The molecule has 0 unspecified atom stereocenters. The summed E-state index contributed by atoms with van der Waals surface area (Å²) in [6.45, 7) is -0.670. The lowest BCUT2D eigenvalue weighted by Gasteiger charge is -2.12. The summed E-state index contributed by atoms with van der Waals surface area (Å²) in [5.41, 5.74) is 8.60. The molecule has 0 aliphatic carbocycles. The fraction of sp³-hybridized carbons (Fsp3) is 0.200. The highest BCUT2D eigenvalue weighted by Crippen LogP contribution is 2.36. The summed E-state index contributed by atoms with van der Waals surface area (Å²) in [5.74, 6) is -3.49. The maximum atomic E-state index is 12.9. The van der Waals surface area contributed by atoms with E-state index < -0.39 is 41.8 Å². The number of rotatable bonds is 3. The Bertz CT molecular complexity index is 510. The van der Waals surface area contributed by atoms with Crippen molar-refractivity contribution in [3.8, 4) is 5.75 Å². The molecule has 0 amide bonds. The molecule has 0 heterocycles. The largest absolute Gasteiger partial charge is 0.424 e. The molecule has 0 aliphatic rings. The zero-order chi connectivity index (χ0) is 14.6. The monoisotopic (exact) mass is 279 g/mol. The molecule has 9 heteroatoms. The van der Waals surface area contributed by atoms with Crippen LogP contribution in [0.1, 0.15) is 5.56 Å². The lowest BCUT2D eigenvalue weighted by molar-refractivity contribution is -0.141. The Morgan fingerprint density at radius 3 is 2.47 bits per heavy atom. The second kappa shape index (κ2) is 5.55. The second-order valence-electron chi connectivity index (χ2n) is 3.35. The lowest BCUT2D eigenvalue weighted by atomic mass is 10.2. The molecule has 0 atom stereocenters. The van der Waals surface area contributed by atoms with Gasteiger partial charge in [0, 0.05) is 6.07 Å². The molecule has 104 valence electrons. The van der Waals surface area contributed by atoms with Crippen LogP contribution in [0, 0.1) is 5.82 Å². The molecular formula is C10H9F4N3O2. The number of benzene rings is 1. The maximum Gasteiger partial charge on any atom is 0.419 e. The van der Waals surface area contributed by atoms with Gasteiger partial charge in [-0.1, -0.05) is 0 Å². The number of alkyl halides is 3. The molecule has 0 saturated carbocycles. The van der Waals surface area contributed by atoms with Crippen LogP contribution < -0.4 is 16.2 Å². The normalized spacial score (nSPS) is 10.9. The maximum absolute atomic E-state index is 12.9. The molecule has 0 aromatic heterocycles. The minimum atomic E-state index is -4.78. The van der Waals surface area contributed by atoms with Gasteiger partial charge in [0.05, 0.1) is 5.56 Å². The van der Waals surface area contributed by atoms with E-state index in [-0.39, 0.29) is 0 Å². The highest BCUT2D eigenvalue weighted by atomic mass is 19.4. The van der Waals surface area contributed by atoms with Crippen LogP contribution in [0.25, 0.3) is 0 Å². The first kappa shape index (κ1) is 14.7. The molecule has 1 aromatic rings. The van der Waals surface area contributed by atoms with Gasteiger partial charge in [0.25, 0.3) is 0 Å². The van der Waals surface area contributed by atoms with Gasteiger partial charge in [-0.3, -0.25) is 0 Å². The molecule has 5 nitrogen and oxygen atoms in total. The number of ether oxygens (including phenoxy) is 1. The van der Waals surface area contributed by atoms with E-state index in [4.69, 9.17) is 11.5 Å². The lowest BCUT2D eigenvalue weighted by Crippen LogP contribution is -2.25. The van der Waals surface area contributed by atoms with E-state index in [1.54, 1.807) is 0 Å². The number of aliphatic imine (C=N–C) groups is 1.